The Morgan fingerprint density at radius 2 is 1.63 bits per heavy atom. The fourth-order valence-corrected chi connectivity index (χ4v) is 3.03. The molecule has 0 saturated heterocycles. The van der Waals surface area contributed by atoms with Crippen molar-refractivity contribution in [2.75, 3.05) is 5.32 Å². The number of amides is 1. The van der Waals surface area contributed by atoms with Gasteiger partial charge < -0.3 is 9.73 Å². The summed E-state index contributed by atoms with van der Waals surface area (Å²) in [5.41, 5.74) is 1.29. The second-order valence-corrected chi connectivity index (χ2v) is 6.39. The van der Waals surface area contributed by atoms with Gasteiger partial charge >= 0.3 is 5.63 Å². The van der Waals surface area contributed by atoms with Crippen LogP contribution in [0.2, 0.25) is 0 Å². The van der Waals surface area contributed by atoms with E-state index < -0.39 is 5.63 Å². The normalized spacial score (nSPS) is 10.7. The highest BCUT2D eigenvalue weighted by Crippen LogP contribution is 2.18. The van der Waals surface area contributed by atoms with Crippen LogP contribution in [0.5, 0.6) is 0 Å². The Bertz CT molecular complexity index is 1250. The van der Waals surface area contributed by atoms with Crippen molar-refractivity contribution in [3.05, 3.63) is 88.8 Å². The van der Waals surface area contributed by atoms with Crippen LogP contribution in [-0.4, -0.2) is 11.0 Å². The van der Waals surface area contributed by atoms with Gasteiger partial charge in [0.2, 0.25) is 0 Å². The molecule has 0 saturated carbocycles. The van der Waals surface area contributed by atoms with Crippen LogP contribution in [0.4, 0.5) is 5.69 Å². The Hall–Kier alpha value is -3.51. The van der Waals surface area contributed by atoms with Crippen molar-refractivity contribution in [3.8, 4) is 0 Å². The van der Waals surface area contributed by atoms with Gasteiger partial charge in [0.05, 0.1) is 0 Å². The molecule has 0 aliphatic heterocycles. The van der Waals surface area contributed by atoms with E-state index in [0.29, 0.717) is 16.8 Å². The van der Waals surface area contributed by atoms with Crippen LogP contribution in [0.3, 0.4) is 0 Å². The van der Waals surface area contributed by atoms with Gasteiger partial charge in [0.15, 0.2) is 5.11 Å². The van der Waals surface area contributed by atoms with Gasteiger partial charge in [-0.1, -0.05) is 30.3 Å². The number of fused-ring (bicyclic) bond motifs is 2. The summed E-state index contributed by atoms with van der Waals surface area (Å²) in [4.78, 5) is 23.7. The van der Waals surface area contributed by atoms with E-state index in [1.165, 1.54) is 6.07 Å². The summed E-state index contributed by atoms with van der Waals surface area (Å²) in [6.07, 6.45) is 0. The molecule has 4 rings (SSSR count). The Morgan fingerprint density at radius 1 is 0.852 bits per heavy atom. The van der Waals surface area contributed by atoms with Gasteiger partial charge in [0.25, 0.3) is 5.91 Å². The Morgan fingerprint density at radius 3 is 2.48 bits per heavy atom. The third-order valence-corrected chi connectivity index (χ3v) is 4.32. The summed E-state index contributed by atoms with van der Waals surface area (Å²) in [5.74, 6) is -0.287. The Kier molecular flexibility index (Phi) is 4.40. The van der Waals surface area contributed by atoms with Crippen molar-refractivity contribution in [2.45, 2.75) is 0 Å². The van der Waals surface area contributed by atoms with Crippen molar-refractivity contribution >= 4 is 50.7 Å². The first-order valence-electron chi connectivity index (χ1n) is 8.23. The summed E-state index contributed by atoms with van der Waals surface area (Å²) in [6, 6.07) is 21.5. The second kappa shape index (κ2) is 7.01. The molecular weight excluding hydrogens is 360 g/mol. The number of rotatable bonds is 2. The van der Waals surface area contributed by atoms with Crippen molar-refractivity contribution < 1.29 is 9.21 Å². The summed E-state index contributed by atoms with van der Waals surface area (Å²) in [7, 11) is 0. The average Bonchev–Trinajstić information content (AvgIpc) is 2.67. The predicted octanol–water partition coefficient (Wildman–Crippen LogP) is 4.07. The average molecular weight is 374 g/mol. The lowest BCUT2D eigenvalue weighted by atomic mass is 10.1. The van der Waals surface area contributed by atoms with E-state index in [-0.39, 0.29) is 11.0 Å². The summed E-state index contributed by atoms with van der Waals surface area (Å²) < 4.78 is 5.09. The van der Waals surface area contributed by atoms with Crippen LogP contribution in [0, 0.1) is 0 Å². The summed E-state index contributed by atoms with van der Waals surface area (Å²) >= 11 is 5.24. The van der Waals surface area contributed by atoms with E-state index in [1.807, 2.05) is 36.4 Å². The minimum Gasteiger partial charge on any atom is -0.423 e. The van der Waals surface area contributed by atoms with Crippen molar-refractivity contribution in [1.82, 2.24) is 5.32 Å². The fraction of sp³-hybridized carbons (Fsp3) is 0. The zero-order chi connectivity index (χ0) is 18.8. The van der Waals surface area contributed by atoms with Crippen LogP contribution in [0.25, 0.3) is 21.7 Å². The lowest BCUT2D eigenvalue weighted by molar-refractivity contribution is 0.0978. The molecule has 2 N–H and O–H groups in total. The number of hydrogen-bond donors (Lipinski definition) is 2. The topological polar surface area (TPSA) is 71.3 Å². The molecule has 0 unspecified atom stereocenters. The molecule has 0 aliphatic carbocycles. The first-order chi connectivity index (χ1) is 13.1. The Balaban J connectivity index is 1.48. The SMILES string of the molecule is O=C(NC(=S)Nc1ccc2oc(=O)ccc2c1)c1ccc2ccccc2c1. The molecule has 6 heteroatoms. The van der Waals surface area contributed by atoms with Crippen LogP contribution < -0.4 is 16.3 Å². The molecule has 5 nitrogen and oxygen atoms in total. The van der Waals surface area contributed by atoms with Crippen LogP contribution in [0.15, 0.2) is 82.0 Å². The van der Waals surface area contributed by atoms with Crippen LogP contribution >= 0.6 is 12.2 Å². The van der Waals surface area contributed by atoms with E-state index >= 15 is 0 Å². The van der Waals surface area contributed by atoms with E-state index in [9.17, 15) is 9.59 Å². The minimum absolute atomic E-state index is 0.185. The number of thiocarbonyl (C=S) groups is 1. The largest absolute Gasteiger partial charge is 0.423 e. The van der Waals surface area contributed by atoms with Gasteiger partial charge in [-0.15, -0.1) is 0 Å². The van der Waals surface area contributed by atoms with Gasteiger partial charge in [0.1, 0.15) is 5.58 Å². The zero-order valence-corrected chi connectivity index (χ0v) is 14.9. The van der Waals surface area contributed by atoms with Crippen LogP contribution in [0.1, 0.15) is 10.4 Å². The fourth-order valence-electron chi connectivity index (χ4n) is 2.82. The molecule has 1 heterocycles. The highest BCUT2D eigenvalue weighted by molar-refractivity contribution is 7.80. The summed E-state index contributed by atoms with van der Waals surface area (Å²) in [5, 5.41) is 8.63. The molecule has 0 bridgehead atoms. The molecule has 0 radical (unpaired) electrons. The molecular formula is C21H14N2O3S. The molecule has 1 aromatic heterocycles. The number of carbonyl (C=O) groups is 1. The van der Waals surface area contributed by atoms with Crippen molar-refractivity contribution in [2.24, 2.45) is 0 Å². The van der Waals surface area contributed by atoms with Gasteiger partial charge in [-0.2, -0.15) is 0 Å². The minimum atomic E-state index is -0.402. The maximum absolute atomic E-state index is 12.5. The van der Waals surface area contributed by atoms with Gasteiger partial charge in [-0.3, -0.25) is 10.1 Å². The third kappa shape index (κ3) is 3.70. The smallest absolute Gasteiger partial charge is 0.336 e. The lowest BCUT2D eigenvalue weighted by Crippen LogP contribution is -2.34. The second-order valence-electron chi connectivity index (χ2n) is 5.98. The first kappa shape index (κ1) is 16.9. The number of benzene rings is 3. The van der Waals surface area contributed by atoms with Crippen molar-refractivity contribution in [3.63, 3.8) is 0 Å². The molecule has 27 heavy (non-hydrogen) atoms. The predicted molar refractivity (Wildman–Crippen MR) is 110 cm³/mol. The molecule has 0 aliphatic rings. The van der Waals surface area contributed by atoms with Gasteiger partial charge in [0, 0.05) is 22.7 Å². The molecule has 3 aromatic carbocycles. The summed E-state index contributed by atoms with van der Waals surface area (Å²) in [6.45, 7) is 0. The molecule has 1 amide bonds. The van der Waals surface area contributed by atoms with E-state index in [4.69, 9.17) is 16.6 Å². The molecule has 0 fully saturated rings. The number of hydrogen-bond acceptors (Lipinski definition) is 4. The van der Waals surface area contributed by atoms with Crippen molar-refractivity contribution in [1.29, 1.82) is 0 Å². The number of carbonyl (C=O) groups excluding carboxylic acids is 1. The molecule has 4 aromatic rings. The van der Waals surface area contributed by atoms with E-state index in [2.05, 4.69) is 10.6 Å². The van der Waals surface area contributed by atoms with E-state index in [0.717, 1.165) is 16.2 Å². The quantitative estimate of drug-likeness (QED) is 0.409. The Labute approximate surface area is 159 Å². The molecule has 132 valence electrons. The molecule has 0 spiro atoms. The van der Waals surface area contributed by atoms with Gasteiger partial charge in [-0.05, 0) is 59.4 Å². The van der Waals surface area contributed by atoms with E-state index in [1.54, 1.807) is 30.3 Å². The molecule has 0 atom stereocenters. The number of nitrogens with one attached hydrogen (secondary N) is 2. The maximum atomic E-state index is 12.5. The maximum Gasteiger partial charge on any atom is 0.336 e. The lowest BCUT2D eigenvalue weighted by Gasteiger charge is -2.10. The highest BCUT2D eigenvalue weighted by Gasteiger charge is 2.09. The zero-order valence-electron chi connectivity index (χ0n) is 14.1. The van der Waals surface area contributed by atoms with Crippen LogP contribution in [-0.2, 0) is 0 Å². The monoisotopic (exact) mass is 374 g/mol. The third-order valence-electron chi connectivity index (χ3n) is 4.12. The first-order valence-corrected chi connectivity index (χ1v) is 8.64. The standard InChI is InChI=1S/C21H14N2O3S/c24-19-10-7-15-12-17(8-9-18(15)26-19)22-21(27)23-20(25)16-6-5-13-3-1-2-4-14(13)11-16/h1-12H,(H2,22,23,25,27). The highest BCUT2D eigenvalue weighted by atomic mass is 32.1. The van der Waals surface area contributed by atoms with Gasteiger partial charge in [-0.25, -0.2) is 4.79 Å². The number of anilines is 1.